The van der Waals surface area contributed by atoms with Gasteiger partial charge in [-0.3, -0.25) is 3.07 Å². The molecule has 0 amide bonds. The van der Waals surface area contributed by atoms with Crippen molar-refractivity contribution in [1.29, 1.82) is 0 Å². The molecule has 0 bridgehead atoms. The molecule has 0 saturated carbocycles. The molecular weight excluding hydrogens is 563 g/mol. The maximum absolute atomic E-state index is 10.2. The van der Waals surface area contributed by atoms with E-state index in [1.807, 2.05) is 30.3 Å². The van der Waals surface area contributed by atoms with Gasteiger partial charge in [0.2, 0.25) is 0 Å². The van der Waals surface area contributed by atoms with Crippen molar-refractivity contribution in [3.05, 3.63) is 125 Å². The fourth-order valence-corrected chi connectivity index (χ4v) is 5.66. The molecule has 0 spiro atoms. The van der Waals surface area contributed by atoms with Crippen molar-refractivity contribution in [2.75, 3.05) is 0 Å². The summed E-state index contributed by atoms with van der Waals surface area (Å²) in [6.07, 6.45) is 0. The molecule has 0 aromatic heterocycles. The van der Waals surface area contributed by atoms with Crippen molar-refractivity contribution in [1.82, 2.24) is 0 Å². The van der Waals surface area contributed by atoms with Crippen LogP contribution < -0.4 is 15.9 Å². The van der Waals surface area contributed by atoms with Gasteiger partial charge in [0, 0.05) is 23.0 Å². The summed E-state index contributed by atoms with van der Waals surface area (Å²) >= 11 is -0.941. The number of halogens is 1. The smallest absolute Gasteiger partial charge is 0.182 e. The topological polar surface area (TPSA) is 17.1 Å². The number of benzene rings is 4. The van der Waals surface area contributed by atoms with Gasteiger partial charge in [-0.15, -0.1) is 0 Å². The average molecular weight is 583 g/mol. The minimum absolute atomic E-state index is 0. The van der Waals surface area contributed by atoms with Crippen LogP contribution in [0.5, 0.6) is 0 Å². The summed E-state index contributed by atoms with van der Waals surface area (Å²) in [7, 11) is -0.446. The Labute approximate surface area is 191 Å². The Hall–Kier alpha value is -1.54. The number of hydrogen-bond donors (Lipinski definition) is 0. The molecular formula is C24H20IOPRu. The van der Waals surface area contributed by atoms with E-state index in [1.54, 1.807) is 0 Å². The van der Waals surface area contributed by atoms with E-state index in [0.29, 0.717) is 0 Å². The Morgan fingerprint density at radius 3 is 1.00 bits per heavy atom. The molecule has 0 heterocycles. The zero-order chi connectivity index (χ0) is 18.7. The molecule has 142 valence electrons. The van der Waals surface area contributed by atoms with E-state index >= 15 is 0 Å². The van der Waals surface area contributed by atoms with Crippen molar-refractivity contribution in [3.8, 4) is 0 Å². The van der Waals surface area contributed by atoms with E-state index in [-0.39, 0.29) is 19.5 Å². The SMILES string of the molecule is O=Ic1ccccc1.[Ru].c1ccc(P(c2ccccc2)c2ccccc2)cc1. The van der Waals surface area contributed by atoms with Crippen LogP contribution in [-0.2, 0) is 22.5 Å². The molecule has 1 nitrogen and oxygen atoms in total. The fourth-order valence-electron chi connectivity index (χ4n) is 2.64. The second-order valence-corrected chi connectivity index (χ2v) is 9.62. The summed E-state index contributed by atoms with van der Waals surface area (Å²) in [6.45, 7) is 0. The van der Waals surface area contributed by atoms with Gasteiger partial charge < -0.3 is 0 Å². The van der Waals surface area contributed by atoms with E-state index in [0.717, 1.165) is 3.57 Å². The Morgan fingerprint density at radius 2 is 0.750 bits per heavy atom. The van der Waals surface area contributed by atoms with E-state index in [4.69, 9.17) is 0 Å². The maximum atomic E-state index is 10.2. The summed E-state index contributed by atoms with van der Waals surface area (Å²) in [6, 6.07) is 41.8. The molecule has 4 heteroatoms. The van der Waals surface area contributed by atoms with Gasteiger partial charge in [-0.1, -0.05) is 109 Å². The molecule has 4 aromatic rings. The quantitative estimate of drug-likeness (QED) is 0.173. The zero-order valence-electron chi connectivity index (χ0n) is 15.1. The molecule has 0 fully saturated rings. The first-order valence-electron chi connectivity index (χ1n) is 8.66. The van der Waals surface area contributed by atoms with Gasteiger partial charge in [-0.25, -0.2) is 0 Å². The van der Waals surface area contributed by atoms with Crippen molar-refractivity contribution in [2.24, 2.45) is 0 Å². The molecule has 0 aliphatic carbocycles. The third kappa shape index (κ3) is 6.81. The molecule has 4 rings (SSSR count). The second kappa shape index (κ2) is 12.8. The van der Waals surface area contributed by atoms with Gasteiger partial charge in [0.15, 0.2) is 21.2 Å². The average Bonchev–Trinajstić information content (AvgIpc) is 2.77. The van der Waals surface area contributed by atoms with E-state index in [9.17, 15) is 3.07 Å². The summed E-state index contributed by atoms with van der Waals surface area (Å²) in [4.78, 5) is 0. The van der Waals surface area contributed by atoms with E-state index in [1.165, 1.54) is 15.9 Å². The monoisotopic (exact) mass is 584 g/mol. The summed E-state index contributed by atoms with van der Waals surface area (Å²) in [5, 5.41) is 4.19. The van der Waals surface area contributed by atoms with Crippen molar-refractivity contribution in [3.63, 3.8) is 0 Å². The van der Waals surface area contributed by atoms with Gasteiger partial charge in [-0.2, -0.15) is 0 Å². The Morgan fingerprint density at radius 1 is 0.464 bits per heavy atom. The summed E-state index contributed by atoms with van der Waals surface area (Å²) < 4.78 is 11.2. The molecule has 0 aliphatic rings. The van der Waals surface area contributed by atoms with Gasteiger partial charge in [-0.05, 0) is 36.0 Å². The van der Waals surface area contributed by atoms with Crippen LogP contribution in [0.3, 0.4) is 0 Å². The first-order chi connectivity index (χ1) is 13.4. The normalized spacial score (nSPS) is 9.75. The van der Waals surface area contributed by atoms with Crippen molar-refractivity contribution in [2.45, 2.75) is 0 Å². The maximum Gasteiger partial charge on any atom is 0.182 e. The first kappa shape index (κ1) is 22.7. The van der Waals surface area contributed by atoms with Crippen LogP contribution >= 0.6 is 29.1 Å². The predicted molar refractivity (Wildman–Crippen MR) is 125 cm³/mol. The first-order valence-corrected chi connectivity index (χ1v) is 12.0. The third-order valence-corrected chi connectivity index (χ3v) is 7.54. The largest absolute Gasteiger partial charge is 0.265 e. The van der Waals surface area contributed by atoms with Crippen molar-refractivity contribution >= 4 is 45.0 Å². The minimum atomic E-state index is -0.941. The Bertz CT molecular complexity index is 841. The van der Waals surface area contributed by atoms with Crippen LogP contribution in [0.4, 0.5) is 0 Å². The van der Waals surface area contributed by atoms with Crippen LogP contribution in [0, 0.1) is 3.57 Å². The zero-order valence-corrected chi connectivity index (χ0v) is 19.9. The van der Waals surface area contributed by atoms with Crippen LogP contribution in [-0.4, -0.2) is 0 Å². The third-order valence-electron chi connectivity index (χ3n) is 3.87. The van der Waals surface area contributed by atoms with E-state index < -0.39 is 29.1 Å². The molecule has 0 aliphatic heterocycles. The minimum Gasteiger partial charge on any atom is -0.265 e. The van der Waals surface area contributed by atoms with Crippen molar-refractivity contribution < 1.29 is 22.5 Å². The predicted octanol–water partition coefficient (Wildman–Crippen LogP) is 5.61. The molecule has 0 radical (unpaired) electrons. The van der Waals surface area contributed by atoms with Gasteiger partial charge >= 0.3 is 0 Å². The molecule has 0 saturated heterocycles. The molecule has 4 aromatic carbocycles. The van der Waals surface area contributed by atoms with Crippen LogP contribution in [0.25, 0.3) is 0 Å². The van der Waals surface area contributed by atoms with Crippen LogP contribution in [0.15, 0.2) is 121 Å². The summed E-state index contributed by atoms with van der Waals surface area (Å²) in [5.41, 5.74) is 0. The van der Waals surface area contributed by atoms with Gasteiger partial charge in [0.1, 0.15) is 0 Å². The standard InChI is InChI=1S/C18H15P.C6H5IO.Ru/c1-4-10-16(11-5-1)19(17-12-6-2-7-13-17)18-14-8-3-9-15-18;8-7-6-4-2-1-3-5-6;/h1-15H;1-5H;. The van der Waals surface area contributed by atoms with Gasteiger partial charge in [0.25, 0.3) is 0 Å². The van der Waals surface area contributed by atoms with Crippen LogP contribution in [0.1, 0.15) is 0 Å². The van der Waals surface area contributed by atoms with E-state index in [2.05, 4.69) is 91.0 Å². The number of rotatable bonds is 4. The Balaban J connectivity index is 0.000000264. The molecule has 0 N–H and O–H groups in total. The second-order valence-electron chi connectivity index (χ2n) is 5.71. The fraction of sp³-hybridized carbons (Fsp3) is 0. The molecule has 28 heavy (non-hydrogen) atoms. The molecule has 0 unspecified atom stereocenters. The molecule has 0 atom stereocenters. The Kier molecular flexibility index (Phi) is 10.4. The van der Waals surface area contributed by atoms with Gasteiger partial charge in [0.05, 0.1) is 0 Å². The number of hydrogen-bond acceptors (Lipinski definition) is 1. The summed E-state index contributed by atoms with van der Waals surface area (Å²) in [5.74, 6) is 0. The van der Waals surface area contributed by atoms with Crippen LogP contribution in [0.2, 0.25) is 0 Å².